The van der Waals surface area contributed by atoms with Crippen LogP contribution in [0.4, 0.5) is 10.5 Å². The van der Waals surface area contributed by atoms with Gasteiger partial charge in [0.2, 0.25) is 0 Å². The minimum absolute atomic E-state index is 0.00849. The van der Waals surface area contributed by atoms with E-state index < -0.39 is 0 Å². The largest absolute Gasteiger partial charge is 0.367 e. The summed E-state index contributed by atoms with van der Waals surface area (Å²) >= 11 is 3.25. The third-order valence-corrected chi connectivity index (χ3v) is 6.00. The molecule has 7 heteroatoms. The Labute approximate surface area is 166 Å². The first kappa shape index (κ1) is 18.2. The molecule has 2 atom stereocenters. The zero-order valence-corrected chi connectivity index (χ0v) is 16.8. The molecule has 1 aliphatic heterocycles. The van der Waals surface area contributed by atoms with Crippen LogP contribution in [0, 0.1) is 6.92 Å². The van der Waals surface area contributed by atoms with Crippen LogP contribution in [0.3, 0.4) is 0 Å². The molecule has 1 aromatic carbocycles. The first-order chi connectivity index (χ1) is 13.1. The second-order valence-electron chi connectivity index (χ2n) is 6.62. The Bertz CT molecular complexity index is 923. The standard InChI is InChI=1S/C20H21N3O2S2/c1-13-9-23(10-19(25-13)15-7-8-26-11-15)20(24)22-17-6-4-3-5-16(17)18-12-27-14(2)21-18/h3-8,11-13,19H,9-10H2,1-2H3,(H,22,24). The molecule has 1 N–H and O–H groups in total. The number of hydrogen-bond acceptors (Lipinski definition) is 5. The zero-order valence-electron chi connectivity index (χ0n) is 15.2. The van der Waals surface area contributed by atoms with Crippen molar-refractivity contribution < 1.29 is 9.53 Å². The molecule has 0 spiro atoms. The number of benzene rings is 1. The van der Waals surface area contributed by atoms with Gasteiger partial charge in [-0.05, 0) is 42.3 Å². The number of morpholine rings is 1. The molecule has 0 aliphatic carbocycles. The van der Waals surface area contributed by atoms with Crippen molar-refractivity contribution in [1.29, 1.82) is 0 Å². The first-order valence-electron chi connectivity index (χ1n) is 8.85. The Morgan fingerprint density at radius 1 is 1.26 bits per heavy atom. The van der Waals surface area contributed by atoms with E-state index in [-0.39, 0.29) is 18.2 Å². The van der Waals surface area contributed by atoms with Crippen LogP contribution >= 0.6 is 22.7 Å². The van der Waals surface area contributed by atoms with Crippen molar-refractivity contribution in [2.75, 3.05) is 18.4 Å². The van der Waals surface area contributed by atoms with Gasteiger partial charge in [-0.15, -0.1) is 11.3 Å². The molecular formula is C20H21N3O2S2. The van der Waals surface area contributed by atoms with Gasteiger partial charge >= 0.3 is 6.03 Å². The highest BCUT2D eigenvalue weighted by Gasteiger charge is 2.30. The fourth-order valence-electron chi connectivity index (χ4n) is 3.26. The normalized spacial score (nSPS) is 19.9. The summed E-state index contributed by atoms with van der Waals surface area (Å²) in [5.41, 5.74) is 3.73. The lowest BCUT2D eigenvalue weighted by Crippen LogP contribution is -2.47. The average Bonchev–Trinajstić information content (AvgIpc) is 3.33. The summed E-state index contributed by atoms with van der Waals surface area (Å²) < 4.78 is 6.03. The number of amides is 2. The van der Waals surface area contributed by atoms with E-state index in [9.17, 15) is 4.79 Å². The smallest absolute Gasteiger partial charge is 0.322 e. The third kappa shape index (κ3) is 4.05. The maximum atomic E-state index is 13.0. The van der Waals surface area contributed by atoms with Crippen LogP contribution in [0.1, 0.15) is 23.6 Å². The molecule has 5 nitrogen and oxygen atoms in total. The van der Waals surface area contributed by atoms with Crippen LogP contribution in [0.15, 0.2) is 46.5 Å². The molecular weight excluding hydrogens is 378 g/mol. The monoisotopic (exact) mass is 399 g/mol. The van der Waals surface area contributed by atoms with E-state index in [2.05, 4.69) is 21.7 Å². The number of aryl methyl sites for hydroxylation is 1. The van der Waals surface area contributed by atoms with Crippen molar-refractivity contribution in [2.45, 2.75) is 26.1 Å². The van der Waals surface area contributed by atoms with E-state index in [4.69, 9.17) is 4.74 Å². The van der Waals surface area contributed by atoms with Gasteiger partial charge in [0.1, 0.15) is 6.10 Å². The van der Waals surface area contributed by atoms with Gasteiger partial charge in [-0.1, -0.05) is 18.2 Å². The summed E-state index contributed by atoms with van der Waals surface area (Å²) in [5.74, 6) is 0. The van der Waals surface area contributed by atoms with E-state index in [1.165, 1.54) is 0 Å². The molecule has 0 saturated carbocycles. The number of para-hydroxylation sites is 1. The van der Waals surface area contributed by atoms with Crippen LogP contribution < -0.4 is 5.32 Å². The highest BCUT2D eigenvalue weighted by Crippen LogP contribution is 2.30. The molecule has 1 saturated heterocycles. The number of nitrogens with one attached hydrogen (secondary N) is 1. The quantitative estimate of drug-likeness (QED) is 0.661. The summed E-state index contributed by atoms with van der Waals surface area (Å²) in [4.78, 5) is 19.3. The second kappa shape index (κ2) is 7.80. The number of rotatable bonds is 3. The van der Waals surface area contributed by atoms with E-state index >= 15 is 0 Å². The number of hydrogen-bond donors (Lipinski definition) is 1. The van der Waals surface area contributed by atoms with E-state index in [0.717, 1.165) is 27.5 Å². The number of carbonyl (C=O) groups is 1. The topological polar surface area (TPSA) is 54.5 Å². The number of thiophene rings is 1. The molecule has 2 unspecified atom stereocenters. The van der Waals surface area contributed by atoms with Gasteiger partial charge in [-0.2, -0.15) is 11.3 Å². The summed E-state index contributed by atoms with van der Waals surface area (Å²) in [6, 6.07) is 9.74. The van der Waals surface area contributed by atoms with Crippen molar-refractivity contribution >= 4 is 34.4 Å². The zero-order chi connectivity index (χ0) is 18.8. The average molecular weight is 400 g/mol. The minimum Gasteiger partial charge on any atom is -0.367 e. The molecule has 1 aliphatic rings. The van der Waals surface area contributed by atoms with Crippen LogP contribution in [-0.2, 0) is 4.74 Å². The second-order valence-corrected chi connectivity index (χ2v) is 8.47. The fourth-order valence-corrected chi connectivity index (χ4v) is 4.57. The third-order valence-electron chi connectivity index (χ3n) is 4.53. The molecule has 140 valence electrons. The molecule has 0 bridgehead atoms. The Hall–Kier alpha value is -2.22. The van der Waals surface area contributed by atoms with E-state index in [0.29, 0.717) is 13.1 Å². The molecule has 4 rings (SSSR count). The van der Waals surface area contributed by atoms with Crippen molar-refractivity contribution in [3.05, 3.63) is 57.0 Å². The summed E-state index contributed by atoms with van der Waals surface area (Å²) in [6.07, 6.45) is -0.0898. The molecule has 2 aromatic heterocycles. The number of ether oxygens (including phenoxy) is 1. The number of thiazole rings is 1. The number of aromatic nitrogens is 1. The van der Waals surface area contributed by atoms with Crippen molar-refractivity contribution in [3.63, 3.8) is 0 Å². The fraction of sp³-hybridized carbons (Fsp3) is 0.300. The number of urea groups is 1. The molecule has 1 fully saturated rings. The van der Waals surface area contributed by atoms with Crippen molar-refractivity contribution in [1.82, 2.24) is 9.88 Å². The SMILES string of the molecule is Cc1nc(-c2ccccc2NC(=O)N2CC(C)OC(c3ccsc3)C2)cs1. The molecule has 0 radical (unpaired) electrons. The van der Waals surface area contributed by atoms with Crippen molar-refractivity contribution in [2.24, 2.45) is 0 Å². The van der Waals surface area contributed by atoms with E-state index in [1.807, 2.05) is 53.8 Å². The highest BCUT2D eigenvalue weighted by molar-refractivity contribution is 7.09. The summed E-state index contributed by atoms with van der Waals surface area (Å²) in [7, 11) is 0. The lowest BCUT2D eigenvalue weighted by molar-refractivity contribution is -0.0640. The van der Waals surface area contributed by atoms with Gasteiger partial charge in [0.15, 0.2) is 0 Å². The van der Waals surface area contributed by atoms with Gasteiger partial charge in [0, 0.05) is 17.5 Å². The highest BCUT2D eigenvalue weighted by atomic mass is 32.1. The molecule has 27 heavy (non-hydrogen) atoms. The minimum atomic E-state index is -0.107. The lowest BCUT2D eigenvalue weighted by Gasteiger charge is -2.36. The number of carbonyl (C=O) groups excluding carboxylic acids is 1. The van der Waals surface area contributed by atoms with Gasteiger partial charge in [-0.3, -0.25) is 0 Å². The van der Waals surface area contributed by atoms with Crippen LogP contribution in [0.25, 0.3) is 11.3 Å². The van der Waals surface area contributed by atoms with Gasteiger partial charge in [0.05, 0.1) is 29.0 Å². The van der Waals surface area contributed by atoms with Crippen LogP contribution in [-0.4, -0.2) is 35.1 Å². The molecule has 2 amide bonds. The summed E-state index contributed by atoms with van der Waals surface area (Å²) in [5, 5.41) is 10.2. The van der Waals surface area contributed by atoms with E-state index in [1.54, 1.807) is 22.7 Å². The maximum absolute atomic E-state index is 13.0. The first-order valence-corrected chi connectivity index (χ1v) is 10.7. The molecule has 3 aromatic rings. The number of anilines is 1. The van der Waals surface area contributed by atoms with Gasteiger partial charge in [-0.25, -0.2) is 9.78 Å². The Kier molecular flexibility index (Phi) is 5.24. The van der Waals surface area contributed by atoms with Gasteiger partial charge in [0.25, 0.3) is 0 Å². The number of nitrogens with zero attached hydrogens (tertiary/aromatic N) is 2. The Morgan fingerprint density at radius 2 is 2.11 bits per heavy atom. The van der Waals surface area contributed by atoms with Crippen LogP contribution in [0.2, 0.25) is 0 Å². The van der Waals surface area contributed by atoms with Crippen molar-refractivity contribution in [3.8, 4) is 11.3 Å². The Balaban J connectivity index is 1.52. The molecule has 3 heterocycles. The lowest BCUT2D eigenvalue weighted by atomic mass is 10.1. The maximum Gasteiger partial charge on any atom is 0.322 e. The predicted molar refractivity (Wildman–Crippen MR) is 110 cm³/mol. The van der Waals surface area contributed by atoms with Gasteiger partial charge < -0.3 is 15.0 Å². The van der Waals surface area contributed by atoms with Crippen LogP contribution in [0.5, 0.6) is 0 Å². The predicted octanol–water partition coefficient (Wildman–Crippen LogP) is 5.17. The summed E-state index contributed by atoms with van der Waals surface area (Å²) in [6.45, 7) is 5.11. The Morgan fingerprint density at radius 3 is 2.85 bits per heavy atom.